The lowest BCUT2D eigenvalue weighted by Crippen LogP contribution is -2.71. The van der Waals surface area contributed by atoms with Gasteiger partial charge in [-0.2, -0.15) is 0 Å². The van der Waals surface area contributed by atoms with E-state index >= 15 is 0 Å². The Morgan fingerprint density at radius 1 is 0.846 bits per heavy atom. The first-order valence-corrected chi connectivity index (χ1v) is 16.9. The van der Waals surface area contributed by atoms with Crippen molar-refractivity contribution in [3.8, 4) is 0 Å². The molecule has 0 saturated carbocycles. The molecule has 14 N–H and O–H groups in total. The Morgan fingerprint density at radius 3 is 2.00 bits per heavy atom. The van der Waals surface area contributed by atoms with E-state index in [-0.39, 0.29) is 6.61 Å². The van der Waals surface area contributed by atoms with Crippen molar-refractivity contribution in [1.29, 1.82) is 0 Å². The molecule has 0 aromatic carbocycles. The van der Waals surface area contributed by atoms with Crippen LogP contribution >= 0.6 is 0 Å². The van der Waals surface area contributed by atoms with Crippen LogP contribution < -0.4 is 16.4 Å². The van der Waals surface area contributed by atoms with Gasteiger partial charge in [0.25, 0.3) is 5.79 Å². The van der Waals surface area contributed by atoms with Gasteiger partial charge in [0, 0.05) is 26.9 Å². The van der Waals surface area contributed by atoms with Crippen LogP contribution in [0.4, 0.5) is 0 Å². The van der Waals surface area contributed by atoms with Gasteiger partial charge >= 0.3 is 5.97 Å². The van der Waals surface area contributed by atoms with Crippen LogP contribution in [0.2, 0.25) is 0 Å². The SMILES string of the molecule is CC(=O)N[C@H]1[C@@H](OCCCCCN)O[C@H](CO)[C@H](O[C@@H]2O[C@H](CO)[C@@H](O[C@@]3(C(=O)O)C[C@H](O)[C@@H](NC(C)=O)[C@H]([C@H](O)[C@H](O)CO)O3)[C@H](O)[C@H]2O)[C@@H]1O. The molecule has 0 unspecified atom stereocenters. The third-order valence-electron chi connectivity index (χ3n) is 8.98. The Kier molecular flexibility index (Phi) is 16.9. The van der Waals surface area contributed by atoms with Crippen LogP contribution in [0.1, 0.15) is 39.5 Å². The van der Waals surface area contributed by atoms with Gasteiger partial charge in [0.05, 0.1) is 32.0 Å². The molecule has 3 saturated heterocycles. The number of aliphatic carboxylic acids is 1. The quantitative estimate of drug-likeness (QED) is 0.0577. The summed E-state index contributed by atoms with van der Waals surface area (Å²) in [6, 6.07) is -2.78. The van der Waals surface area contributed by atoms with Crippen molar-refractivity contribution in [2.45, 2.75) is 137 Å². The van der Waals surface area contributed by atoms with Crippen molar-refractivity contribution in [2.75, 3.05) is 33.0 Å². The van der Waals surface area contributed by atoms with Crippen LogP contribution in [0.5, 0.6) is 0 Å². The zero-order valence-electron chi connectivity index (χ0n) is 28.7. The molecular weight excluding hydrogens is 706 g/mol. The summed E-state index contributed by atoms with van der Waals surface area (Å²) in [7, 11) is 0. The monoisotopic (exact) mass is 759 g/mol. The van der Waals surface area contributed by atoms with Crippen molar-refractivity contribution in [2.24, 2.45) is 5.73 Å². The Bertz CT molecular complexity index is 1160. The lowest BCUT2D eigenvalue weighted by molar-refractivity contribution is -0.381. The number of carboxylic acid groups (broad SMARTS) is 1. The number of rotatable bonds is 18. The van der Waals surface area contributed by atoms with Gasteiger partial charge in [0.15, 0.2) is 12.6 Å². The second-order valence-corrected chi connectivity index (χ2v) is 12.9. The lowest BCUT2D eigenvalue weighted by atomic mass is 9.88. The van der Waals surface area contributed by atoms with Crippen molar-refractivity contribution in [1.82, 2.24) is 10.6 Å². The van der Waals surface area contributed by atoms with Crippen LogP contribution in [0.25, 0.3) is 0 Å². The number of amides is 2. The van der Waals surface area contributed by atoms with E-state index in [1.165, 1.54) is 6.92 Å². The maximum absolute atomic E-state index is 12.7. The zero-order chi connectivity index (χ0) is 38.9. The number of unbranched alkanes of at least 4 members (excludes halogenated alkanes) is 2. The predicted molar refractivity (Wildman–Crippen MR) is 168 cm³/mol. The average Bonchev–Trinajstić information content (AvgIpc) is 3.09. The summed E-state index contributed by atoms with van der Waals surface area (Å²) in [6.45, 7) is 0.0405. The minimum atomic E-state index is -2.98. The Hall–Kier alpha value is -2.23. The third-order valence-corrected chi connectivity index (χ3v) is 8.98. The molecule has 0 radical (unpaired) electrons. The molecule has 3 aliphatic rings. The summed E-state index contributed by atoms with van der Waals surface area (Å²) in [5.74, 6) is -6.24. The van der Waals surface area contributed by atoms with E-state index in [1.54, 1.807) is 0 Å². The molecule has 3 heterocycles. The number of carbonyl (C=O) groups is 3. The number of carboxylic acids is 1. The second-order valence-electron chi connectivity index (χ2n) is 12.9. The number of carbonyl (C=O) groups excluding carboxylic acids is 2. The highest BCUT2D eigenvalue weighted by atomic mass is 16.8. The fourth-order valence-electron chi connectivity index (χ4n) is 6.32. The number of aliphatic hydroxyl groups excluding tert-OH is 9. The maximum atomic E-state index is 12.7. The molecule has 0 spiro atoms. The highest BCUT2D eigenvalue weighted by molar-refractivity contribution is 5.76. The second kappa shape index (κ2) is 19.9. The van der Waals surface area contributed by atoms with Gasteiger partial charge in [0.2, 0.25) is 11.8 Å². The average molecular weight is 760 g/mol. The van der Waals surface area contributed by atoms with Crippen LogP contribution in [-0.2, 0) is 42.8 Å². The molecule has 302 valence electrons. The lowest BCUT2D eigenvalue weighted by Gasteiger charge is -2.50. The number of nitrogens with one attached hydrogen (secondary N) is 2. The smallest absolute Gasteiger partial charge is 0.364 e. The Morgan fingerprint density at radius 2 is 1.44 bits per heavy atom. The molecule has 22 nitrogen and oxygen atoms in total. The minimum Gasteiger partial charge on any atom is -0.477 e. The molecule has 3 aliphatic heterocycles. The van der Waals surface area contributed by atoms with Crippen LogP contribution in [0.3, 0.4) is 0 Å². The summed E-state index contributed by atoms with van der Waals surface area (Å²) < 4.78 is 34.2. The standard InChI is InChI=1S/C30H53N3O19/c1-12(37)32-18-14(39)8-30(29(45)46,52-26(18)20(41)15(40)9-34)51-25-17(11-36)49-28(23(44)22(25)43)50-24-16(10-35)48-27(47-7-5-3-4-6-31)19(21(24)42)33-13(2)38/h14-28,34-36,39-44H,3-11,31H2,1-2H3,(H,32,37)(H,33,38)(H,45,46)/t14-,15+,16+,17+,18+,19+,20+,21+,22+,23+,24-,25+,26+,27-,28-,30-/m0/s1. The van der Waals surface area contributed by atoms with Crippen LogP contribution in [0.15, 0.2) is 0 Å². The third kappa shape index (κ3) is 10.5. The number of ether oxygens (including phenoxy) is 6. The fourth-order valence-corrected chi connectivity index (χ4v) is 6.32. The van der Waals surface area contributed by atoms with Crippen molar-refractivity contribution < 1.29 is 93.9 Å². The van der Waals surface area contributed by atoms with Crippen molar-refractivity contribution in [3.05, 3.63) is 0 Å². The first-order valence-electron chi connectivity index (χ1n) is 16.9. The van der Waals surface area contributed by atoms with Gasteiger partial charge < -0.3 is 95.9 Å². The molecule has 52 heavy (non-hydrogen) atoms. The molecule has 0 bridgehead atoms. The van der Waals surface area contributed by atoms with Gasteiger partial charge in [-0.1, -0.05) is 0 Å². The summed E-state index contributed by atoms with van der Waals surface area (Å²) in [5.41, 5.74) is 5.51. The molecule has 0 aliphatic carbocycles. The molecular formula is C30H53N3O19. The van der Waals surface area contributed by atoms with Crippen LogP contribution in [0, 0.1) is 0 Å². The van der Waals surface area contributed by atoms with Gasteiger partial charge in [-0.15, -0.1) is 0 Å². The fraction of sp³-hybridized carbons (Fsp3) is 0.900. The number of aliphatic hydroxyl groups is 9. The van der Waals surface area contributed by atoms with Crippen molar-refractivity contribution >= 4 is 17.8 Å². The van der Waals surface area contributed by atoms with E-state index in [1.807, 2.05) is 0 Å². The molecule has 16 atom stereocenters. The van der Waals surface area contributed by atoms with E-state index in [9.17, 15) is 65.4 Å². The summed E-state index contributed by atoms with van der Waals surface area (Å²) in [5, 5.41) is 110. The summed E-state index contributed by atoms with van der Waals surface area (Å²) >= 11 is 0. The highest BCUT2D eigenvalue weighted by Crippen LogP contribution is 2.38. The first-order chi connectivity index (χ1) is 24.5. The molecule has 2 amide bonds. The van der Waals surface area contributed by atoms with E-state index in [0.717, 1.165) is 19.8 Å². The van der Waals surface area contributed by atoms with Gasteiger partial charge in [-0.25, -0.2) is 4.79 Å². The normalized spacial score (nSPS) is 39.3. The van der Waals surface area contributed by atoms with E-state index in [4.69, 9.17) is 34.2 Å². The number of hydrogen-bond donors (Lipinski definition) is 13. The molecule has 0 aromatic heterocycles. The molecule has 22 heteroatoms. The maximum Gasteiger partial charge on any atom is 0.364 e. The number of nitrogens with two attached hydrogens (primary N) is 1. The molecule has 3 rings (SSSR count). The Balaban J connectivity index is 1.84. The molecule has 0 aromatic rings. The first kappa shape index (κ1) is 44.2. The summed E-state index contributed by atoms with van der Waals surface area (Å²) in [6.07, 6.45) is -22.4. The van der Waals surface area contributed by atoms with Gasteiger partial charge in [-0.3, -0.25) is 9.59 Å². The topological polar surface area (TPSA) is 359 Å². The van der Waals surface area contributed by atoms with Crippen molar-refractivity contribution in [3.63, 3.8) is 0 Å². The van der Waals surface area contributed by atoms with E-state index in [0.29, 0.717) is 13.0 Å². The van der Waals surface area contributed by atoms with E-state index in [2.05, 4.69) is 10.6 Å². The van der Waals surface area contributed by atoms with Crippen LogP contribution in [-0.4, -0.2) is 199 Å². The highest BCUT2D eigenvalue weighted by Gasteiger charge is 2.60. The summed E-state index contributed by atoms with van der Waals surface area (Å²) in [4.78, 5) is 36.5. The minimum absolute atomic E-state index is 0.154. The van der Waals surface area contributed by atoms with Gasteiger partial charge in [-0.05, 0) is 25.8 Å². The zero-order valence-corrected chi connectivity index (χ0v) is 28.7. The largest absolute Gasteiger partial charge is 0.477 e. The predicted octanol–water partition coefficient (Wildman–Crippen LogP) is -6.93. The van der Waals surface area contributed by atoms with Gasteiger partial charge in [0.1, 0.15) is 67.1 Å². The Labute approximate surface area is 298 Å². The van der Waals surface area contributed by atoms with E-state index < -0.39 is 142 Å². The number of hydrogen-bond acceptors (Lipinski definition) is 19. The molecule has 3 fully saturated rings.